The van der Waals surface area contributed by atoms with Crippen molar-refractivity contribution < 1.29 is 0 Å². The van der Waals surface area contributed by atoms with Crippen molar-refractivity contribution in [3.05, 3.63) is 0 Å². The molecule has 2 aliphatic heterocycles. The maximum atomic E-state index is 1.70. The molecule has 0 atom stereocenters. The van der Waals surface area contributed by atoms with Crippen molar-refractivity contribution in [2.45, 2.75) is 69.1 Å². The van der Waals surface area contributed by atoms with Crippen LogP contribution >= 0.6 is 0 Å². The van der Waals surface area contributed by atoms with E-state index in [9.17, 15) is 0 Å². The van der Waals surface area contributed by atoms with Gasteiger partial charge in [-0.2, -0.15) is 0 Å². The molecule has 0 saturated carbocycles. The Morgan fingerprint density at radius 1 is 0.417 bits per heavy atom. The highest BCUT2D eigenvalue weighted by Crippen LogP contribution is 2.39. The molecule has 0 nitrogen and oxygen atoms in total. The molecule has 0 unspecified atom stereocenters. The van der Waals surface area contributed by atoms with Crippen LogP contribution in [0.2, 0.25) is 24.2 Å². The van der Waals surface area contributed by atoms with E-state index in [1.807, 2.05) is 0 Å². The molecular formula is C11H22Si. The molecule has 0 radical (unpaired) electrons. The number of rotatable bonds is 0. The Kier molecular flexibility index (Phi) is 2.90. The second-order valence-electron chi connectivity index (χ2n) is 4.97. The molecule has 2 aliphatic rings. The topological polar surface area (TPSA) is 0 Å². The normalized spacial score (nSPS) is 30.0. The molecule has 70 valence electrons. The molecule has 0 amide bonds. The Balaban J connectivity index is 1.95. The highest BCUT2D eigenvalue weighted by molar-refractivity contribution is 6.80. The lowest BCUT2D eigenvalue weighted by Crippen LogP contribution is -2.34. The van der Waals surface area contributed by atoms with Crippen molar-refractivity contribution in [3.8, 4) is 0 Å². The van der Waals surface area contributed by atoms with Gasteiger partial charge < -0.3 is 0 Å². The fraction of sp³-hybridized carbons (Fsp3) is 1.00. The first-order valence-corrected chi connectivity index (χ1v) is 8.74. The maximum absolute atomic E-state index is 1.70. The molecule has 2 heterocycles. The molecule has 0 bridgehead atoms. The van der Waals surface area contributed by atoms with Gasteiger partial charge in [0.1, 0.15) is 0 Å². The first kappa shape index (κ1) is 8.80. The maximum Gasteiger partial charge on any atom is 0.0535 e. The Hall–Kier alpha value is 0.217. The predicted octanol–water partition coefficient (Wildman–Crippen LogP) is 4.19. The van der Waals surface area contributed by atoms with Crippen molar-refractivity contribution in [2.24, 2.45) is 0 Å². The van der Waals surface area contributed by atoms with E-state index in [2.05, 4.69) is 0 Å². The average molecular weight is 182 g/mol. The van der Waals surface area contributed by atoms with Gasteiger partial charge in [-0.1, -0.05) is 69.1 Å². The third kappa shape index (κ3) is 1.93. The average Bonchev–Trinajstić information content (AvgIpc) is 2.33. The van der Waals surface area contributed by atoms with Gasteiger partial charge in [-0.25, -0.2) is 0 Å². The third-order valence-corrected chi connectivity index (χ3v) is 9.74. The Labute approximate surface area is 77.8 Å². The molecule has 0 N–H and O–H groups in total. The molecule has 0 aromatic carbocycles. The number of hydrogen-bond donors (Lipinski definition) is 0. The molecule has 2 rings (SSSR count). The van der Waals surface area contributed by atoms with Crippen molar-refractivity contribution in [1.82, 2.24) is 0 Å². The fourth-order valence-electron chi connectivity index (χ4n) is 3.28. The summed E-state index contributed by atoms with van der Waals surface area (Å²) in [7, 11) is -0.620. The van der Waals surface area contributed by atoms with Gasteiger partial charge in [0, 0.05) is 0 Å². The van der Waals surface area contributed by atoms with Crippen LogP contribution in [0.25, 0.3) is 0 Å². The van der Waals surface area contributed by atoms with Crippen LogP contribution in [0.15, 0.2) is 0 Å². The minimum atomic E-state index is -0.620. The summed E-state index contributed by atoms with van der Waals surface area (Å²) >= 11 is 0. The monoisotopic (exact) mass is 182 g/mol. The first-order valence-electron chi connectivity index (χ1n) is 5.91. The highest BCUT2D eigenvalue weighted by Gasteiger charge is 2.33. The van der Waals surface area contributed by atoms with E-state index in [-0.39, 0.29) is 0 Å². The summed E-state index contributed by atoms with van der Waals surface area (Å²) in [5, 5.41) is 0. The van der Waals surface area contributed by atoms with E-state index in [1.165, 1.54) is 0 Å². The van der Waals surface area contributed by atoms with Crippen molar-refractivity contribution in [3.63, 3.8) is 0 Å². The van der Waals surface area contributed by atoms with Crippen LogP contribution in [-0.4, -0.2) is 8.07 Å². The zero-order chi connectivity index (χ0) is 8.28. The van der Waals surface area contributed by atoms with Crippen molar-refractivity contribution in [1.29, 1.82) is 0 Å². The Bertz CT molecular complexity index is 126. The minimum absolute atomic E-state index is 0.620. The van der Waals surface area contributed by atoms with Gasteiger partial charge in [-0.05, 0) is 0 Å². The largest absolute Gasteiger partial charge is 0.0571 e. The molecule has 12 heavy (non-hydrogen) atoms. The molecule has 1 heteroatoms. The number of hydrogen-bond acceptors (Lipinski definition) is 0. The molecule has 0 aliphatic carbocycles. The Morgan fingerprint density at radius 2 is 0.750 bits per heavy atom. The van der Waals surface area contributed by atoms with Gasteiger partial charge >= 0.3 is 0 Å². The van der Waals surface area contributed by atoms with E-state index in [1.54, 1.807) is 69.1 Å². The van der Waals surface area contributed by atoms with E-state index >= 15 is 0 Å². The molecular weight excluding hydrogens is 160 g/mol. The first-order chi connectivity index (χ1) is 5.91. The standard InChI is InChI=1S/C11H22Si/c1-2-5-9-12(8-4-1)10-6-3-7-11-12/h1-11H2. The SMILES string of the molecule is C1CCC[Si]2(CC1)CCCCC2. The van der Waals surface area contributed by atoms with Gasteiger partial charge in [0.05, 0.1) is 8.07 Å². The van der Waals surface area contributed by atoms with Crippen LogP contribution < -0.4 is 0 Å². The van der Waals surface area contributed by atoms with Crippen LogP contribution in [0.3, 0.4) is 0 Å². The summed E-state index contributed by atoms with van der Waals surface area (Å²) in [5.74, 6) is 0. The summed E-state index contributed by atoms with van der Waals surface area (Å²) in [6.07, 6.45) is 11.0. The van der Waals surface area contributed by atoms with E-state index in [0.717, 1.165) is 0 Å². The fourth-order valence-corrected chi connectivity index (χ4v) is 8.78. The zero-order valence-electron chi connectivity index (χ0n) is 8.28. The second-order valence-corrected chi connectivity index (χ2v) is 9.97. The van der Waals surface area contributed by atoms with Gasteiger partial charge in [0.25, 0.3) is 0 Å². The highest BCUT2D eigenvalue weighted by atomic mass is 28.3. The van der Waals surface area contributed by atoms with Crippen LogP contribution in [0, 0.1) is 0 Å². The molecule has 2 fully saturated rings. The third-order valence-electron chi connectivity index (χ3n) is 4.08. The summed E-state index contributed by atoms with van der Waals surface area (Å²) in [4.78, 5) is 0. The van der Waals surface area contributed by atoms with Crippen LogP contribution in [0.1, 0.15) is 44.9 Å². The van der Waals surface area contributed by atoms with Crippen LogP contribution in [0.4, 0.5) is 0 Å². The Morgan fingerprint density at radius 3 is 1.17 bits per heavy atom. The molecule has 2 saturated heterocycles. The summed E-state index contributed by atoms with van der Waals surface area (Å²) in [5.41, 5.74) is 0. The predicted molar refractivity (Wildman–Crippen MR) is 57.3 cm³/mol. The lowest BCUT2D eigenvalue weighted by molar-refractivity contribution is 0.697. The van der Waals surface area contributed by atoms with E-state index in [4.69, 9.17) is 0 Å². The summed E-state index contributed by atoms with van der Waals surface area (Å²) < 4.78 is 0. The van der Waals surface area contributed by atoms with Crippen LogP contribution in [-0.2, 0) is 0 Å². The minimum Gasteiger partial charge on any atom is -0.0571 e. The quantitative estimate of drug-likeness (QED) is 0.493. The lowest BCUT2D eigenvalue weighted by Gasteiger charge is -2.34. The molecule has 0 aromatic heterocycles. The smallest absolute Gasteiger partial charge is 0.0535 e. The van der Waals surface area contributed by atoms with Gasteiger partial charge in [0.15, 0.2) is 0 Å². The van der Waals surface area contributed by atoms with Crippen molar-refractivity contribution in [2.75, 3.05) is 0 Å². The van der Waals surface area contributed by atoms with Crippen LogP contribution in [0.5, 0.6) is 0 Å². The second kappa shape index (κ2) is 3.95. The molecule has 0 aromatic rings. The van der Waals surface area contributed by atoms with Gasteiger partial charge in [0.2, 0.25) is 0 Å². The van der Waals surface area contributed by atoms with Gasteiger partial charge in [-0.15, -0.1) is 0 Å². The summed E-state index contributed by atoms with van der Waals surface area (Å²) in [6, 6.07) is 6.81. The van der Waals surface area contributed by atoms with E-state index < -0.39 is 8.07 Å². The summed E-state index contributed by atoms with van der Waals surface area (Å²) in [6.45, 7) is 0. The van der Waals surface area contributed by atoms with Crippen molar-refractivity contribution >= 4 is 8.07 Å². The van der Waals surface area contributed by atoms with Gasteiger partial charge in [-0.3, -0.25) is 0 Å². The lowest BCUT2D eigenvalue weighted by atomic mass is 10.2. The zero-order valence-corrected chi connectivity index (χ0v) is 9.28. The van der Waals surface area contributed by atoms with E-state index in [0.29, 0.717) is 0 Å². The molecule has 1 spiro atoms.